The summed E-state index contributed by atoms with van der Waals surface area (Å²) in [6.45, 7) is 8.47. The Hall–Kier alpha value is 0.210. The van der Waals surface area contributed by atoms with E-state index >= 15 is 0 Å². The first-order valence-electron chi connectivity index (χ1n) is 4.11. The second-order valence-corrected chi connectivity index (χ2v) is 4.83. The highest BCUT2D eigenvalue weighted by Crippen LogP contribution is 2.19. The monoisotopic (exact) mass is 176 g/mol. The van der Waals surface area contributed by atoms with Crippen LogP contribution >= 0.6 is 11.6 Å². The summed E-state index contributed by atoms with van der Waals surface area (Å²) in [5, 5.41) is 6.98. The van der Waals surface area contributed by atoms with Crippen molar-refractivity contribution in [2.45, 2.75) is 32.3 Å². The molecule has 0 aromatic heterocycles. The van der Waals surface area contributed by atoms with Gasteiger partial charge in [-0.05, 0) is 5.41 Å². The van der Waals surface area contributed by atoms with E-state index < -0.39 is 0 Å². The third kappa shape index (κ3) is 2.62. The van der Waals surface area contributed by atoms with Gasteiger partial charge in [0.15, 0.2) is 0 Å². The molecule has 0 atom stereocenters. The second-order valence-electron chi connectivity index (χ2n) is 4.21. The van der Waals surface area contributed by atoms with Gasteiger partial charge in [-0.2, -0.15) is 0 Å². The van der Waals surface area contributed by atoms with E-state index in [-0.39, 0.29) is 10.8 Å². The van der Waals surface area contributed by atoms with Crippen molar-refractivity contribution >= 4 is 11.6 Å². The molecule has 0 saturated carbocycles. The number of hydrogen-bond donors (Lipinski definition) is 2. The Balaban J connectivity index is 2.39. The Labute approximate surface area is 73.7 Å². The number of hydrogen-bond acceptors (Lipinski definition) is 2. The predicted molar refractivity (Wildman–Crippen MR) is 48.9 cm³/mol. The molecular formula is C8H17ClN2. The molecule has 0 aliphatic carbocycles. The molecule has 66 valence electrons. The molecule has 1 aliphatic heterocycles. The summed E-state index contributed by atoms with van der Waals surface area (Å²) in [7, 11) is 0. The van der Waals surface area contributed by atoms with Crippen LogP contribution in [-0.4, -0.2) is 24.6 Å². The summed E-state index contributed by atoms with van der Waals surface area (Å²) >= 11 is 5.91. The molecule has 1 heterocycles. The molecule has 0 unspecified atom stereocenters. The molecule has 1 fully saturated rings. The van der Waals surface area contributed by atoms with Crippen molar-refractivity contribution < 1.29 is 0 Å². The smallest absolute Gasteiger partial charge is 0.0622 e. The molecule has 1 aliphatic rings. The topological polar surface area (TPSA) is 24.1 Å². The minimum atomic E-state index is 0.244. The van der Waals surface area contributed by atoms with Gasteiger partial charge in [0.25, 0.3) is 0 Å². The summed E-state index contributed by atoms with van der Waals surface area (Å²) in [6, 6.07) is 0. The van der Waals surface area contributed by atoms with Gasteiger partial charge in [0.2, 0.25) is 0 Å². The Morgan fingerprint density at radius 3 is 2.00 bits per heavy atom. The lowest BCUT2D eigenvalue weighted by Crippen LogP contribution is -2.58. The molecule has 0 aromatic carbocycles. The standard InChI is InChI=1S/C8H17ClN2/c1-8(2,3)7-10-4-6(9)5-11-7/h6-7,10-11H,4-5H2,1-3H3. The van der Waals surface area contributed by atoms with E-state index in [1.165, 1.54) is 0 Å². The predicted octanol–water partition coefficient (Wildman–Crippen LogP) is 1.16. The first-order chi connectivity index (χ1) is 5.00. The van der Waals surface area contributed by atoms with Crippen LogP contribution in [0.1, 0.15) is 20.8 Å². The number of nitrogens with one attached hydrogen (secondary N) is 2. The van der Waals surface area contributed by atoms with Gasteiger partial charge in [-0.15, -0.1) is 11.6 Å². The zero-order chi connectivity index (χ0) is 8.48. The first-order valence-corrected chi connectivity index (χ1v) is 4.54. The molecule has 1 saturated heterocycles. The van der Waals surface area contributed by atoms with Crippen LogP contribution in [0.2, 0.25) is 0 Å². The fourth-order valence-corrected chi connectivity index (χ4v) is 1.43. The van der Waals surface area contributed by atoms with Crippen LogP contribution in [-0.2, 0) is 0 Å². The third-order valence-electron chi connectivity index (χ3n) is 1.95. The van der Waals surface area contributed by atoms with Gasteiger partial charge in [0.05, 0.1) is 11.5 Å². The van der Waals surface area contributed by atoms with Crippen molar-refractivity contribution in [1.82, 2.24) is 10.6 Å². The van der Waals surface area contributed by atoms with Crippen LogP contribution in [0.5, 0.6) is 0 Å². The molecule has 0 spiro atoms. The van der Waals surface area contributed by atoms with Gasteiger partial charge in [-0.3, -0.25) is 10.6 Å². The van der Waals surface area contributed by atoms with Crippen molar-refractivity contribution in [2.75, 3.05) is 13.1 Å². The van der Waals surface area contributed by atoms with E-state index in [1.54, 1.807) is 0 Å². The van der Waals surface area contributed by atoms with Crippen molar-refractivity contribution in [3.05, 3.63) is 0 Å². The molecule has 1 rings (SSSR count). The van der Waals surface area contributed by atoms with Gasteiger partial charge in [-0.25, -0.2) is 0 Å². The molecule has 2 nitrogen and oxygen atoms in total. The largest absolute Gasteiger partial charge is 0.300 e. The van der Waals surface area contributed by atoms with E-state index in [2.05, 4.69) is 31.4 Å². The minimum Gasteiger partial charge on any atom is -0.300 e. The van der Waals surface area contributed by atoms with E-state index in [4.69, 9.17) is 11.6 Å². The summed E-state index contributed by atoms with van der Waals surface area (Å²) in [5.74, 6) is 0. The van der Waals surface area contributed by atoms with Crippen LogP contribution in [0, 0.1) is 5.41 Å². The average Bonchev–Trinajstić information content (AvgIpc) is 1.86. The van der Waals surface area contributed by atoms with Crippen LogP contribution in [0.25, 0.3) is 0 Å². The third-order valence-corrected chi connectivity index (χ3v) is 2.26. The number of alkyl halides is 1. The van der Waals surface area contributed by atoms with Crippen molar-refractivity contribution in [1.29, 1.82) is 0 Å². The Morgan fingerprint density at radius 2 is 1.64 bits per heavy atom. The van der Waals surface area contributed by atoms with E-state index in [1.807, 2.05) is 0 Å². The summed E-state index contributed by atoms with van der Waals surface area (Å²) in [5.41, 5.74) is 0.275. The molecule has 0 amide bonds. The maximum Gasteiger partial charge on any atom is 0.0622 e. The SMILES string of the molecule is CC(C)(C)C1NCC(Cl)CN1. The Kier molecular flexibility index (Phi) is 2.79. The lowest BCUT2D eigenvalue weighted by molar-refractivity contribution is 0.204. The summed E-state index contributed by atoms with van der Waals surface area (Å²) in [6.07, 6.45) is 0.400. The lowest BCUT2D eigenvalue weighted by Gasteiger charge is -2.37. The molecular weight excluding hydrogens is 160 g/mol. The molecule has 11 heavy (non-hydrogen) atoms. The van der Waals surface area contributed by atoms with Crippen molar-refractivity contribution in [2.24, 2.45) is 5.41 Å². The van der Waals surface area contributed by atoms with E-state index in [9.17, 15) is 0 Å². The van der Waals surface area contributed by atoms with Gasteiger partial charge in [0.1, 0.15) is 0 Å². The average molecular weight is 177 g/mol. The lowest BCUT2D eigenvalue weighted by atomic mass is 9.91. The minimum absolute atomic E-state index is 0.244. The van der Waals surface area contributed by atoms with Gasteiger partial charge in [-0.1, -0.05) is 20.8 Å². The Bertz CT molecular complexity index is 123. The zero-order valence-electron chi connectivity index (χ0n) is 7.45. The van der Waals surface area contributed by atoms with Gasteiger partial charge in [0, 0.05) is 13.1 Å². The molecule has 0 bridgehead atoms. The highest BCUT2D eigenvalue weighted by atomic mass is 35.5. The fraction of sp³-hybridized carbons (Fsp3) is 1.00. The quantitative estimate of drug-likeness (QED) is 0.542. The van der Waals surface area contributed by atoms with Crippen molar-refractivity contribution in [3.8, 4) is 0 Å². The van der Waals surface area contributed by atoms with E-state index in [0.29, 0.717) is 6.17 Å². The maximum atomic E-state index is 5.91. The summed E-state index contributed by atoms with van der Waals surface area (Å²) in [4.78, 5) is 0. The van der Waals surface area contributed by atoms with Crippen LogP contribution in [0.3, 0.4) is 0 Å². The highest BCUT2D eigenvalue weighted by molar-refractivity contribution is 6.21. The molecule has 2 N–H and O–H groups in total. The molecule has 0 radical (unpaired) electrons. The normalized spacial score (nSPS) is 33.8. The van der Waals surface area contributed by atoms with Crippen molar-refractivity contribution in [3.63, 3.8) is 0 Å². The number of halogens is 1. The molecule has 3 heteroatoms. The van der Waals surface area contributed by atoms with Crippen LogP contribution in [0.15, 0.2) is 0 Å². The van der Waals surface area contributed by atoms with E-state index in [0.717, 1.165) is 13.1 Å². The molecule has 0 aromatic rings. The van der Waals surface area contributed by atoms with Crippen LogP contribution in [0.4, 0.5) is 0 Å². The van der Waals surface area contributed by atoms with Gasteiger partial charge < -0.3 is 0 Å². The highest BCUT2D eigenvalue weighted by Gasteiger charge is 2.27. The maximum absolute atomic E-state index is 5.91. The van der Waals surface area contributed by atoms with Gasteiger partial charge >= 0.3 is 0 Å². The fourth-order valence-electron chi connectivity index (χ4n) is 1.25. The summed E-state index contributed by atoms with van der Waals surface area (Å²) < 4.78 is 0. The first kappa shape index (κ1) is 9.30. The zero-order valence-corrected chi connectivity index (χ0v) is 8.20. The Morgan fingerprint density at radius 1 is 1.18 bits per heavy atom. The number of rotatable bonds is 0. The van der Waals surface area contributed by atoms with Crippen LogP contribution < -0.4 is 10.6 Å². The second kappa shape index (κ2) is 3.30.